The van der Waals surface area contributed by atoms with Gasteiger partial charge in [0.1, 0.15) is 0 Å². The van der Waals surface area contributed by atoms with E-state index in [1.54, 1.807) is 12.1 Å². The Balaban J connectivity index is 1.48. The zero-order valence-electron chi connectivity index (χ0n) is 36.6. The van der Waals surface area contributed by atoms with Gasteiger partial charge in [-0.2, -0.15) is 0 Å². The minimum atomic E-state index is -0.402. The van der Waals surface area contributed by atoms with Gasteiger partial charge in [0.15, 0.2) is 0 Å². The predicted octanol–water partition coefficient (Wildman–Crippen LogP) is 10.3. The molecule has 61 heavy (non-hydrogen) atoms. The first-order valence-electron chi connectivity index (χ1n) is 23.2. The van der Waals surface area contributed by atoms with Gasteiger partial charge in [0.05, 0.1) is 10.8 Å². The summed E-state index contributed by atoms with van der Waals surface area (Å²) in [6.07, 6.45) is 11.2. The van der Waals surface area contributed by atoms with Crippen LogP contribution < -0.4 is 33.4 Å². The lowest BCUT2D eigenvalue weighted by Crippen LogP contribution is -2.36. The lowest BCUT2D eigenvalue weighted by atomic mass is 9.81. The van der Waals surface area contributed by atoms with Crippen molar-refractivity contribution in [3.8, 4) is 0 Å². The Bertz CT molecular complexity index is 3250. The summed E-state index contributed by atoms with van der Waals surface area (Å²) in [6.45, 7) is 13.6. The Morgan fingerprint density at radius 3 is 0.967 bits per heavy atom. The standard InChI is InChI=1S/C52H57N3O6/c1-7-13-16-28(10-4)25-53-47(56)33-21-19-31-32-20-22-34-40-38(50(59)54(48(34)57)26-29(11-5)17-14-8-2)24-36-44(42(32)40)43-35(23-37(49(53)58)39(33)41(31)43)45-46(36)52(61)55(51(45)60)27-30(12-6)18-15-9-3/h19-24,28-30H,7-18,25-27H2,1-6H3. The van der Waals surface area contributed by atoms with E-state index >= 15 is 9.59 Å². The van der Waals surface area contributed by atoms with E-state index in [0.717, 1.165) is 87.8 Å². The summed E-state index contributed by atoms with van der Waals surface area (Å²) in [5.74, 6) is 0.413. The highest BCUT2D eigenvalue weighted by atomic mass is 16.2. The highest BCUT2D eigenvalue weighted by Gasteiger charge is 2.31. The summed E-state index contributed by atoms with van der Waals surface area (Å²) < 4.78 is 4.17. The summed E-state index contributed by atoms with van der Waals surface area (Å²) in [5.41, 5.74) is -2.25. The average Bonchev–Trinajstić information content (AvgIpc) is 3.52. The minimum Gasteiger partial charge on any atom is -0.274 e. The van der Waals surface area contributed by atoms with Crippen molar-refractivity contribution in [2.75, 3.05) is 0 Å². The number of pyridine rings is 2. The van der Waals surface area contributed by atoms with E-state index in [-0.39, 0.29) is 46.2 Å². The van der Waals surface area contributed by atoms with Crippen LogP contribution in [-0.2, 0) is 19.6 Å². The van der Waals surface area contributed by atoms with Crippen LogP contribution in [0.4, 0.5) is 0 Å². The molecule has 0 aliphatic carbocycles. The van der Waals surface area contributed by atoms with Crippen molar-refractivity contribution in [3.63, 3.8) is 0 Å². The van der Waals surface area contributed by atoms with E-state index in [1.807, 2.05) is 24.3 Å². The molecular weight excluding hydrogens is 763 g/mol. The van der Waals surface area contributed by atoms with Crippen LogP contribution in [0.3, 0.4) is 0 Å². The number of hydrogen-bond donors (Lipinski definition) is 0. The molecular formula is C52H57N3O6. The number of rotatable bonds is 18. The van der Waals surface area contributed by atoms with E-state index in [1.165, 1.54) is 13.7 Å². The fourth-order valence-corrected chi connectivity index (χ4v) is 11.1. The van der Waals surface area contributed by atoms with Gasteiger partial charge in [0.2, 0.25) is 0 Å². The molecule has 0 radical (unpaired) electrons. The van der Waals surface area contributed by atoms with Crippen molar-refractivity contribution < 1.29 is 0 Å². The molecule has 0 bridgehead atoms. The topological polar surface area (TPSA) is 117 Å². The number of unbranched alkanes of at least 4 members (excludes halogenated alkanes) is 3. The second-order valence-corrected chi connectivity index (χ2v) is 18.2. The Labute approximate surface area is 353 Å². The molecule has 3 aromatic heterocycles. The normalized spacial score (nSPS) is 14.3. The summed E-state index contributed by atoms with van der Waals surface area (Å²) in [7, 11) is 0. The van der Waals surface area contributed by atoms with E-state index in [0.29, 0.717) is 77.7 Å². The number of aromatic nitrogens is 3. The van der Waals surface area contributed by atoms with Gasteiger partial charge in [0, 0.05) is 52.0 Å². The molecule has 3 heterocycles. The molecule has 9 rings (SSSR count). The third-order valence-corrected chi connectivity index (χ3v) is 14.7. The summed E-state index contributed by atoms with van der Waals surface area (Å²) >= 11 is 0. The number of benzene rings is 6. The van der Waals surface area contributed by atoms with E-state index in [9.17, 15) is 19.2 Å². The smallest absolute Gasteiger partial charge is 0.262 e. The summed E-state index contributed by atoms with van der Waals surface area (Å²) in [4.78, 5) is 88.7. The lowest BCUT2D eigenvalue weighted by Gasteiger charge is -2.23. The predicted molar refractivity (Wildman–Crippen MR) is 254 cm³/mol. The second-order valence-electron chi connectivity index (χ2n) is 18.2. The molecule has 9 aromatic rings. The molecule has 9 heteroatoms. The maximum atomic E-state index is 15.0. The third-order valence-electron chi connectivity index (χ3n) is 14.7. The van der Waals surface area contributed by atoms with Gasteiger partial charge >= 0.3 is 0 Å². The fraction of sp³-hybridized carbons (Fsp3) is 0.462. The largest absolute Gasteiger partial charge is 0.274 e. The molecule has 0 spiro atoms. The van der Waals surface area contributed by atoms with Crippen LogP contribution in [0.1, 0.15) is 119 Å². The first-order chi connectivity index (χ1) is 29.5. The molecule has 6 aromatic carbocycles. The number of fused-ring (bicyclic) bond motifs is 4. The van der Waals surface area contributed by atoms with Crippen molar-refractivity contribution >= 4 is 86.2 Å². The Kier molecular flexibility index (Phi) is 10.6. The first-order valence-corrected chi connectivity index (χ1v) is 23.2. The zero-order valence-corrected chi connectivity index (χ0v) is 36.6. The van der Waals surface area contributed by atoms with Gasteiger partial charge in [-0.15, -0.1) is 0 Å². The first kappa shape index (κ1) is 40.9. The van der Waals surface area contributed by atoms with Gasteiger partial charge in [-0.05, 0) is 104 Å². The molecule has 0 aliphatic heterocycles. The van der Waals surface area contributed by atoms with Crippen molar-refractivity contribution in [2.24, 2.45) is 17.8 Å². The molecule has 316 valence electrons. The summed E-state index contributed by atoms with van der Waals surface area (Å²) in [6, 6.07) is 11.0. The van der Waals surface area contributed by atoms with Crippen molar-refractivity contribution in [1.29, 1.82) is 0 Å². The van der Waals surface area contributed by atoms with Crippen LogP contribution >= 0.6 is 0 Å². The minimum absolute atomic E-state index is 0.114. The maximum absolute atomic E-state index is 15.0. The molecule has 0 amide bonds. The second kappa shape index (κ2) is 15.8. The maximum Gasteiger partial charge on any atom is 0.262 e. The molecule has 0 N–H and O–H groups in total. The van der Waals surface area contributed by atoms with Crippen LogP contribution in [0.25, 0.3) is 86.2 Å². The van der Waals surface area contributed by atoms with Crippen molar-refractivity contribution in [3.05, 3.63) is 98.5 Å². The fourth-order valence-electron chi connectivity index (χ4n) is 11.1. The zero-order chi connectivity index (χ0) is 43.0. The molecule has 9 nitrogen and oxygen atoms in total. The molecule has 0 saturated carbocycles. The number of hydrogen-bond acceptors (Lipinski definition) is 6. The van der Waals surface area contributed by atoms with Gasteiger partial charge < -0.3 is 0 Å². The Hall–Kier alpha value is -5.44. The quantitative estimate of drug-likeness (QED) is 0.0629. The molecule has 3 unspecified atom stereocenters. The molecule has 0 saturated heterocycles. The Morgan fingerprint density at radius 2 is 0.639 bits per heavy atom. The van der Waals surface area contributed by atoms with Crippen LogP contribution in [-0.4, -0.2) is 13.7 Å². The molecule has 0 fully saturated rings. The molecule has 0 aliphatic rings. The molecule has 3 atom stereocenters. The van der Waals surface area contributed by atoms with Crippen molar-refractivity contribution in [2.45, 2.75) is 138 Å². The van der Waals surface area contributed by atoms with Crippen LogP contribution in [0.5, 0.6) is 0 Å². The average molecular weight is 820 g/mol. The Morgan fingerprint density at radius 1 is 0.344 bits per heavy atom. The SMILES string of the molecule is CCCCC(CC)Cn1c(=O)c2ccc3c4ccc5c(=O)n(CC(CC)CCCC)c(=O)c6cc7c8c(=O)n(CC(CC)CCCC)c(=O)c8c8cc(c1=O)c2c3c8c7c4c56. The lowest BCUT2D eigenvalue weighted by molar-refractivity contribution is 0.382. The van der Waals surface area contributed by atoms with Crippen LogP contribution in [0.2, 0.25) is 0 Å². The highest BCUT2D eigenvalue weighted by Crippen LogP contribution is 2.50. The van der Waals surface area contributed by atoms with Crippen LogP contribution in [0, 0.1) is 17.8 Å². The monoisotopic (exact) mass is 819 g/mol. The van der Waals surface area contributed by atoms with Gasteiger partial charge in [-0.25, -0.2) is 0 Å². The van der Waals surface area contributed by atoms with Crippen molar-refractivity contribution in [1.82, 2.24) is 13.7 Å². The van der Waals surface area contributed by atoms with E-state index in [4.69, 9.17) is 0 Å². The van der Waals surface area contributed by atoms with Crippen LogP contribution in [0.15, 0.2) is 65.2 Å². The van der Waals surface area contributed by atoms with Gasteiger partial charge in [0.25, 0.3) is 33.4 Å². The van der Waals surface area contributed by atoms with Gasteiger partial charge in [-0.3, -0.25) is 42.5 Å². The van der Waals surface area contributed by atoms with E-state index < -0.39 is 22.2 Å². The summed E-state index contributed by atoms with van der Waals surface area (Å²) in [5, 5.41) is 8.41. The number of nitrogens with zero attached hydrogens (tertiary/aromatic N) is 3. The third kappa shape index (κ3) is 6.00. The van der Waals surface area contributed by atoms with Gasteiger partial charge in [-0.1, -0.05) is 111 Å². The highest BCUT2D eigenvalue weighted by molar-refractivity contribution is 6.48. The van der Waals surface area contributed by atoms with E-state index in [2.05, 4.69) is 41.5 Å².